The maximum atomic E-state index is 12.1. The van der Waals surface area contributed by atoms with Crippen LogP contribution in [0.5, 0.6) is 5.75 Å². The van der Waals surface area contributed by atoms with Gasteiger partial charge in [0.15, 0.2) is 0 Å². The van der Waals surface area contributed by atoms with E-state index < -0.39 is 10.0 Å². The molecule has 1 aromatic heterocycles. The van der Waals surface area contributed by atoms with E-state index in [4.69, 9.17) is 4.74 Å². The SMILES string of the molecule is CCS(=O)(=O)N1CCCC(c2cc3cc(OC)ccc3[nH]2)C1. The summed E-state index contributed by atoms with van der Waals surface area (Å²) in [5.41, 5.74) is 2.17. The second kappa shape index (κ2) is 5.93. The fraction of sp³-hybridized carbons (Fsp3) is 0.500. The van der Waals surface area contributed by atoms with Crippen LogP contribution in [0.25, 0.3) is 10.9 Å². The number of nitrogens with zero attached hydrogens (tertiary/aromatic N) is 1. The van der Waals surface area contributed by atoms with Gasteiger partial charge in [0.25, 0.3) is 0 Å². The molecule has 1 aliphatic rings. The number of benzene rings is 1. The highest BCUT2D eigenvalue weighted by atomic mass is 32.2. The zero-order valence-electron chi connectivity index (χ0n) is 13.0. The zero-order valence-corrected chi connectivity index (χ0v) is 13.8. The van der Waals surface area contributed by atoms with E-state index in [1.807, 2.05) is 18.2 Å². The Bertz CT molecular complexity index is 767. The largest absolute Gasteiger partial charge is 0.497 e. The van der Waals surface area contributed by atoms with Gasteiger partial charge in [-0.1, -0.05) is 0 Å². The molecule has 0 spiro atoms. The summed E-state index contributed by atoms with van der Waals surface area (Å²) in [6.07, 6.45) is 1.92. The van der Waals surface area contributed by atoms with Crippen LogP contribution in [0.4, 0.5) is 0 Å². The first kappa shape index (κ1) is 15.4. The Morgan fingerprint density at radius 2 is 2.18 bits per heavy atom. The number of methoxy groups -OCH3 is 1. The van der Waals surface area contributed by atoms with Crippen LogP contribution in [0, 0.1) is 0 Å². The van der Waals surface area contributed by atoms with Crippen LogP contribution in [-0.4, -0.2) is 43.7 Å². The van der Waals surface area contributed by atoms with Gasteiger partial charge < -0.3 is 9.72 Å². The van der Waals surface area contributed by atoms with Crippen molar-refractivity contribution in [2.75, 3.05) is 26.0 Å². The van der Waals surface area contributed by atoms with E-state index in [-0.39, 0.29) is 11.7 Å². The Labute approximate surface area is 131 Å². The lowest BCUT2D eigenvalue weighted by Crippen LogP contribution is -2.39. The van der Waals surface area contributed by atoms with Gasteiger partial charge in [-0.05, 0) is 44.0 Å². The van der Waals surface area contributed by atoms with Crippen molar-refractivity contribution in [3.8, 4) is 5.75 Å². The summed E-state index contributed by atoms with van der Waals surface area (Å²) in [5.74, 6) is 1.23. The van der Waals surface area contributed by atoms with E-state index in [2.05, 4.69) is 11.1 Å². The molecule has 0 radical (unpaired) electrons. The van der Waals surface area contributed by atoms with E-state index in [0.717, 1.165) is 35.2 Å². The first-order valence-electron chi connectivity index (χ1n) is 7.68. The standard InChI is InChI=1S/C16H22N2O3S/c1-3-22(19,20)18-8-4-5-12(11-18)16-10-13-9-14(21-2)6-7-15(13)17-16/h6-7,9-10,12,17H,3-5,8,11H2,1-2H3. The Morgan fingerprint density at radius 3 is 2.91 bits per heavy atom. The van der Waals surface area contributed by atoms with Crippen LogP contribution in [0.2, 0.25) is 0 Å². The number of hydrogen-bond acceptors (Lipinski definition) is 3. The van der Waals surface area contributed by atoms with Crippen LogP contribution in [0.15, 0.2) is 24.3 Å². The highest BCUT2D eigenvalue weighted by Gasteiger charge is 2.29. The molecule has 1 fully saturated rings. The van der Waals surface area contributed by atoms with Gasteiger partial charge >= 0.3 is 0 Å². The summed E-state index contributed by atoms with van der Waals surface area (Å²) >= 11 is 0. The smallest absolute Gasteiger partial charge is 0.213 e. The van der Waals surface area contributed by atoms with Gasteiger partial charge in [0.05, 0.1) is 12.9 Å². The van der Waals surface area contributed by atoms with Crippen molar-refractivity contribution in [1.29, 1.82) is 0 Å². The van der Waals surface area contributed by atoms with Crippen molar-refractivity contribution in [1.82, 2.24) is 9.29 Å². The molecule has 2 heterocycles. The molecule has 0 amide bonds. The molecule has 0 saturated carbocycles. The molecule has 120 valence electrons. The third-order valence-corrected chi connectivity index (χ3v) is 6.28. The van der Waals surface area contributed by atoms with E-state index in [0.29, 0.717) is 13.1 Å². The highest BCUT2D eigenvalue weighted by Crippen LogP contribution is 2.31. The second-order valence-electron chi connectivity index (χ2n) is 5.78. The molecule has 0 aliphatic carbocycles. The Balaban J connectivity index is 1.87. The predicted octanol–water partition coefficient (Wildman–Crippen LogP) is 2.71. The molecule has 22 heavy (non-hydrogen) atoms. The lowest BCUT2D eigenvalue weighted by molar-refractivity contribution is 0.314. The van der Waals surface area contributed by atoms with Gasteiger partial charge in [-0.2, -0.15) is 0 Å². The topological polar surface area (TPSA) is 62.4 Å². The molecule has 1 aliphatic heterocycles. The minimum atomic E-state index is -3.10. The molecule has 1 aromatic carbocycles. The van der Waals surface area contributed by atoms with Gasteiger partial charge in [-0.3, -0.25) is 0 Å². The molecule has 3 rings (SSSR count). The molecular weight excluding hydrogens is 300 g/mol. The molecule has 1 unspecified atom stereocenters. The summed E-state index contributed by atoms with van der Waals surface area (Å²) in [4.78, 5) is 3.43. The summed E-state index contributed by atoms with van der Waals surface area (Å²) in [5, 5.41) is 1.10. The first-order valence-corrected chi connectivity index (χ1v) is 9.29. The number of piperidine rings is 1. The molecule has 1 N–H and O–H groups in total. The number of rotatable bonds is 4. The highest BCUT2D eigenvalue weighted by molar-refractivity contribution is 7.89. The van der Waals surface area contributed by atoms with Gasteiger partial charge in [0.2, 0.25) is 10.0 Å². The van der Waals surface area contributed by atoms with Crippen molar-refractivity contribution in [3.05, 3.63) is 30.0 Å². The Hall–Kier alpha value is -1.53. The molecule has 1 atom stereocenters. The van der Waals surface area contributed by atoms with E-state index in [9.17, 15) is 8.42 Å². The van der Waals surface area contributed by atoms with E-state index in [1.54, 1.807) is 18.3 Å². The minimum Gasteiger partial charge on any atom is -0.497 e. The first-order chi connectivity index (χ1) is 10.5. The third-order valence-electron chi connectivity index (χ3n) is 4.43. The lowest BCUT2D eigenvalue weighted by atomic mass is 9.96. The molecule has 0 bridgehead atoms. The number of sulfonamides is 1. The number of ether oxygens (including phenoxy) is 1. The van der Waals surface area contributed by atoms with Crippen LogP contribution >= 0.6 is 0 Å². The quantitative estimate of drug-likeness (QED) is 0.941. The van der Waals surface area contributed by atoms with E-state index >= 15 is 0 Å². The maximum absolute atomic E-state index is 12.1. The number of nitrogens with one attached hydrogen (secondary N) is 1. The summed E-state index contributed by atoms with van der Waals surface area (Å²) < 4.78 is 31.1. The number of aromatic amines is 1. The molecule has 2 aromatic rings. The zero-order chi connectivity index (χ0) is 15.7. The molecule has 5 nitrogen and oxygen atoms in total. The fourth-order valence-electron chi connectivity index (χ4n) is 3.11. The van der Waals surface area contributed by atoms with Crippen LogP contribution in [0.3, 0.4) is 0 Å². The van der Waals surface area contributed by atoms with E-state index in [1.165, 1.54) is 0 Å². The minimum absolute atomic E-state index is 0.170. The van der Waals surface area contributed by atoms with Crippen molar-refractivity contribution in [2.45, 2.75) is 25.7 Å². The average molecular weight is 322 g/mol. The number of H-pyrrole nitrogens is 1. The van der Waals surface area contributed by atoms with Gasteiger partial charge in [0, 0.05) is 35.6 Å². The van der Waals surface area contributed by atoms with Crippen molar-refractivity contribution >= 4 is 20.9 Å². The Kier molecular flexibility index (Phi) is 4.14. The van der Waals surface area contributed by atoms with Gasteiger partial charge in [-0.25, -0.2) is 12.7 Å². The van der Waals surface area contributed by atoms with Crippen molar-refractivity contribution < 1.29 is 13.2 Å². The number of aromatic nitrogens is 1. The fourth-order valence-corrected chi connectivity index (χ4v) is 4.29. The normalized spacial score (nSPS) is 20.4. The second-order valence-corrected chi connectivity index (χ2v) is 8.03. The third kappa shape index (κ3) is 2.85. The summed E-state index contributed by atoms with van der Waals surface area (Å²) in [6, 6.07) is 8.04. The van der Waals surface area contributed by atoms with Crippen LogP contribution in [0.1, 0.15) is 31.4 Å². The van der Waals surface area contributed by atoms with Crippen molar-refractivity contribution in [3.63, 3.8) is 0 Å². The monoisotopic (exact) mass is 322 g/mol. The van der Waals surface area contributed by atoms with Gasteiger partial charge in [0.1, 0.15) is 5.75 Å². The maximum Gasteiger partial charge on any atom is 0.213 e. The molecular formula is C16H22N2O3S. The van der Waals surface area contributed by atoms with Crippen molar-refractivity contribution in [2.24, 2.45) is 0 Å². The van der Waals surface area contributed by atoms with Crippen LogP contribution in [-0.2, 0) is 10.0 Å². The summed E-state index contributed by atoms with van der Waals surface area (Å²) in [6.45, 7) is 2.91. The Morgan fingerprint density at radius 1 is 1.36 bits per heavy atom. The molecule has 1 saturated heterocycles. The summed E-state index contributed by atoms with van der Waals surface area (Å²) in [7, 11) is -1.45. The van der Waals surface area contributed by atoms with Crippen LogP contribution < -0.4 is 4.74 Å². The number of fused-ring (bicyclic) bond motifs is 1. The predicted molar refractivity (Wildman–Crippen MR) is 87.9 cm³/mol. The van der Waals surface area contributed by atoms with Gasteiger partial charge in [-0.15, -0.1) is 0 Å². The average Bonchev–Trinajstić information content (AvgIpc) is 2.98. The lowest BCUT2D eigenvalue weighted by Gasteiger charge is -2.31. The number of hydrogen-bond donors (Lipinski definition) is 1. The molecule has 6 heteroatoms.